The van der Waals surface area contributed by atoms with Crippen LogP contribution in [0, 0.1) is 13.8 Å². The number of hydrogen-bond donors (Lipinski definition) is 2. The Morgan fingerprint density at radius 3 is 2.79 bits per heavy atom. The molecule has 1 amide bonds. The Balaban J connectivity index is 1.85. The molecule has 1 unspecified atom stereocenters. The lowest BCUT2D eigenvalue weighted by molar-refractivity contribution is -0.113. The number of methoxy groups -OCH3 is 1. The number of rotatable bonds is 6. The van der Waals surface area contributed by atoms with Gasteiger partial charge in [-0.25, -0.2) is 4.68 Å². The van der Waals surface area contributed by atoms with E-state index in [-0.39, 0.29) is 5.91 Å². The molecule has 1 atom stereocenters. The molecule has 33 heavy (non-hydrogen) atoms. The van der Waals surface area contributed by atoms with Crippen molar-refractivity contribution in [3.8, 4) is 5.75 Å². The summed E-state index contributed by atoms with van der Waals surface area (Å²) in [5.74, 6) is 1.91. The van der Waals surface area contributed by atoms with Crippen molar-refractivity contribution >= 4 is 45.2 Å². The third-order valence-corrected chi connectivity index (χ3v) is 6.90. The van der Waals surface area contributed by atoms with Crippen LogP contribution < -0.4 is 15.4 Å². The average molecular weight is 528 g/mol. The zero-order valence-corrected chi connectivity index (χ0v) is 21.6. The predicted molar refractivity (Wildman–Crippen MR) is 136 cm³/mol. The lowest BCUT2D eigenvalue weighted by Gasteiger charge is -2.29. The molecule has 7 nitrogen and oxygen atoms in total. The molecule has 1 aliphatic heterocycles. The van der Waals surface area contributed by atoms with Crippen LogP contribution in [0.3, 0.4) is 0 Å². The first-order chi connectivity index (χ1) is 15.8. The molecular weight excluding hydrogens is 502 g/mol. The van der Waals surface area contributed by atoms with E-state index in [0.29, 0.717) is 22.4 Å². The molecule has 2 heterocycles. The third-order valence-electron chi connectivity index (χ3n) is 5.69. The van der Waals surface area contributed by atoms with E-state index in [1.54, 1.807) is 23.6 Å². The molecule has 0 bridgehead atoms. The fourth-order valence-corrected chi connectivity index (χ4v) is 4.83. The van der Waals surface area contributed by atoms with Crippen LogP contribution in [0.25, 0.3) is 0 Å². The number of carbonyl (C=O) groups is 1. The standard InChI is InChI=1S/C24H26BrN5O2S/c1-6-33-24-28-23-26-15(4)20(22(31)27-18-9-7-8-13(2)14(18)3)21(30(23)29-24)17-12-16(25)10-11-19(17)32-5/h7-12,21H,6H2,1-5H3,(H,27,31)(H,26,28,29). The van der Waals surface area contributed by atoms with Crippen LogP contribution in [-0.2, 0) is 4.79 Å². The van der Waals surface area contributed by atoms with Crippen LogP contribution in [0.5, 0.6) is 5.75 Å². The van der Waals surface area contributed by atoms with E-state index in [0.717, 1.165) is 38.3 Å². The van der Waals surface area contributed by atoms with Crippen LogP contribution in [0.2, 0.25) is 0 Å². The predicted octanol–water partition coefficient (Wildman–Crippen LogP) is 5.71. The van der Waals surface area contributed by atoms with Gasteiger partial charge < -0.3 is 15.4 Å². The first-order valence-electron chi connectivity index (χ1n) is 10.6. The summed E-state index contributed by atoms with van der Waals surface area (Å²) in [5.41, 5.74) is 5.03. The van der Waals surface area contributed by atoms with Gasteiger partial charge in [0, 0.05) is 21.4 Å². The van der Waals surface area contributed by atoms with E-state index in [9.17, 15) is 4.79 Å². The zero-order chi connectivity index (χ0) is 23.7. The number of thioether (sulfide) groups is 1. The van der Waals surface area contributed by atoms with Gasteiger partial charge in [0.2, 0.25) is 11.1 Å². The van der Waals surface area contributed by atoms with Crippen molar-refractivity contribution in [2.45, 2.75) is 38.9 Å². The quantitative estimate of drug-likeness (QED) is 0.400. The van der Waals surface area contributed by atoms with Gasteiger partial charge >= 0.3 is 0 Å². The summed E-state index contributed by atoms with van der Waals surface area (Å²) in [4.78, 5) is 18.4. The second-order valence-corrected chi connectivity index (χ2v) is 9.90. The van der Waals surface area contributed by atoms with E-state index in [4.69, 9.17) is 9.84 Å². The molecule has 1 aliphatic rings. The topological polar surface area (TPSA) is 81.1 Å². The van der Waals surface area contributed by atoms with Crippen molar-refractivity contribution in [2.24, 2.45) is 0 Å². The molecule has 0 radical (unpaired) electrons. The molecule has 0 aliphatic carbocycles. The van der Waals surface area contributed by atoms with E-state index in [1.165, 1.54) is 0 Å². The van der Waals surface area contributed by atoms with Gasteiger partial charge in [0.1, 0.15) is 11.8 Å². The molecule has 172 valence electrons. The number of allylic oxidation sites excluding steroid dienone is 1. The van der Waals surface area contributed by atoms with E-state index in [2.05, 4.69) is 38.5 Å². The third kappa shape index (κ3) is 4.52. The average Bonchev–Trinajstić information content (AvgIpc) is 3.18. The molecule has 9 heteroatoms. The normalized spacial score (nSPS) is 15.2. The molecule has 2 aromatic carbocycles. The Hall–Kier alpha value is -2.78. The Morgan fingerprint density at radius 1 is 1.27 bits per heavy atom. The molecule has 0 fully saturated rings. The van der Waals surface area contributed by atoms with Gasteiger partial charge in [0.25, 0.3) is 5.91 Å². The summed E-state index contributed by atoms with van der Waals surface area (Å²) >= 11 is 5.12. The Kier molecular flexibility index (Phi) is 6.81. The summed E-state index contributed by atoms with van der Waals surface area (Å²) < 4.78 is 8.33. The first kappa shape index (κ1) is 23.4. The van der Waals surface area contributed by atoms with Crippen molar-refractivity contribution in [3.05, 3.63) is 68.8 Å². The number of nitrogens with zero attached hydrogens (tertiary/aromatic N) is 3. The monoisotopic (exact) mass is 527 g/mol. The molecular formula is C24H26BrN5O2S. The highest BCUT2D eigenvalue weighted by Crippen LogP contribution is 2.41. The maximum atomic E-state index is 13.7. The second kappa shape index (κ2) is 9.61. The largest absolute Gasteiger partial charge is 0.496 e. The van der Waals surface area contributed by atoms with Crippen molar-refractivity contribution in [3.63, 3.8) is 0 Å². The summed E-state index contributed by atoms with van der Waals surface area (Å²) in [7, 11) is 1.63. The molecule has 0 saturated carbocycles. The Morgan fingerprint density at radius 2 is 2.06 bits per heavy atom. The van der Waals surface area contributed by atoms with Crippen LogP contribution in [0.1, 0.15) is 36.6 Å². The molecule has 4 rings (SSSR count). The van der Waals surface area contributed by atoms with Crippen molar-refractivity contribution in [1.82, 2.24) is 14.8 Å². The number of carbonyl (C=O) groups excluding carboxylic acids is 1. The fourth-order valence-electron chi connectivity index (χ4n) is 3.90. The fraction of sp³-hybridized carbons (Fsp3) is 0.292. The van der Waals surface area contributed by atoms with E-state index < -0.39 is 6.04 Å². The highest BCUT2D eigenvalue weighted by Gasteiger charge is 2.36. The zero-order valence-electron chi connectivity index (χ0n) is 19.2. The van der Waals surface area contributed by atoms with E-state index in [1.807, 2.05) is 57.2 Å². The van der Waals surface area contributed by atoms with Gasteiger partial charge in [-0.2, -0.15) is 4.98 Å². The molecule has 1 aromatic heterocycles. The summed E-state index contributed by atoms with van der Waals surface area (Å²) in [6, 6.07) is 11.1. The van der Waals surface area contributed by atoms with Gasteiger partial charge in [-0.05, 0) is 61.9 Å². The number of aromatic nitrogens is 3. The number of fused-ring (bicyclic) bond motifs is 1. The van der Waals surface area contributed by atoms with Crippen molar-refractivity contribution < 1.29 is 9.53 Å². The number of nitrogens with one attached hydrogen (secondary N) is 2. The van der Waals surface area contributed by atoms with Crippen LogP contribution in [0.4, 0.5) is 11.6 Å². The maximum Gasteiger partial charge on any atom is 0.255 e. The molecule has 2 N–H and O–H groups in total. The number of halogens is 1. The van der Waals surface area contributed by atoms with Gasteiger partial charge in [-0.3, -0.25) is 4.79 Å². The lowest BCUT2D eigenvalue weighted by atomic mass is 9.94. The summed E-state index contributed by atoms with van der Waals surface area (Å²) in [6.45, 7) is 7.98. The van der Waals surface area contributed by atoms with Crippen LogP contribution in [0.15, 0.2) is 57.3 Å². The van der Waals surface area contributed by atoms with Gasteiger partial charge in [-0.1, -0.05) is 46.7 Å². The number of hydrogen-bond acceptors (Lipinski definition) is 6. The summed E-state index contributed by atoms with van der Waals surface area (Å²) in [6.07, 6.45) is 0. The number of benzene rings is 2. The smallest absolute Gasteiger partial charge is 0.255 e. The molecule has 0 spiro atoms. The number of anilines is 2. The molecule has 0 saturated heterocycles. The highest BCUT2D eigenvalue weighted by molar-refractivity contribution is 9.10. The minimum Gasteiger partial charge on any atom is -0.496 e. The minimum absolute atomic E-state index is 0.202. The maximum absolute atomic E-state index is 13.7. The highest BCUT2D eigenvalue weighted by atomic mass is 79.9. The minimum atomic E-state index is -0.516. The number of ether oxygens (including phenoxy) is 1. The van der Waals surface area contributed by atoms with Crippen molar-refractivity contribution in [1.29, 1.82) is 0 Å². The van der Waals surface area contributed by atoms with Crippen LogP contribution in [-0.4, -0.2) is 33.5 Å². The van der Waals surface area contributed by atoms with Gasteiger partial charge in [0.15, 0.2) is 0 Å². The second-order valence-electron chi connectivity index (χ2n) is 7.75. The van der Waals surface area contributed by atoms with E-state index >= 15 is 0 Å². The van der Waals surface area contributed by atoms with Gasteiger partial charge in [0.05, 0.1) is 12.7 Å². The Labute approximate surface area is 206 Å². The van der Waals surface area contributed by atoms with Crippen molar-refractivity contribution in [2.75, 3.05) is 23.5 Å². The SMILES string of the molecule is CCSc1nc2n(n1)C(c1cc(Br)ccc1OC)C(C(=O)Nc1cccc(C)c1C)=C(C)N2. The first-order valence-corrected chi connectivity index (χ1v) is 12.4. The summed E-state index contributed by atoms with van der Waals surface area (Å²) in [5, 5.41) is 11.8. The Bertz CT molecular complexity index is 1250. The number of aryl methyl sites for hydroxylation is 1. The molecule has 3 aromatic rings. The van der Waals surface area contributed by atoms with Crippen LogP contribution >= 0.6 is 27.7 Å². The lowest BCUT2D eigenvalue weighted by Crippen LogP contribution is -2.32. The van der Waals surface area contributed by atoms with Gasteiger partial charge in [-0.15, -0.1) is 5.10 Å². The number of amides is 1.